The molecule has 5 nitrogen and oxygen atoms in total. The highest BCUT2D eigenvalue weighted by Crippen LogP contribution is 2.28. The van der Waals surface area contributed by atoms with E-state index in [2.05, 4.69) is 5.32 Å². The van der Waals surface area contributed by atoms with Crippen molar-refractivity contribution < 1.29 is 19.4 Å². The number of carbonyl (C=O) groups excluding carboxylic acids is 1. The first-order chi connectivity index (χ1) is 7.93. The Labute approximate surface area is 103 Å². The molecule has 1 aromatic heterocycles. The third-order valence-corrected chi connectivity index (χ3v) is 3.12. The Morgan fingerprint density at radius 2 is 2.18 bits per heavy atom. The van der Waals surface area contributed by atoms with Crippen molar-refractivity contribution in [1.82, 2.24) is 0 Å². The van der Waals surface area contributed by atoms with Crippen molar-refractivity contribution in [3.05, 3.63) is 16.5 Å². The Bertz CT molecular complexity index is 425. The lowest BCUT2D eigenvalue weighted by Gasteiger charge is -2.08. The first-order valence-corrected chi connectivity index (χ1v) is 6.09. The third kappa shape index (κ3) is 3.74. The predicted octanol–water partition coefficient (Wildman–Crippen LogP) is 2.97. The third-order valence-electron chi connectivity index (χ3n) is 1.92. The molecule has 1 rings (SSSR count). The second kappa shape index (κ2) is 5.67. The quantitative estimate of drug-likeness (QED) is 0.869. The van der Waals surface area contributed by atoms with E-state index in [1.165, 1.54) is 11.3 Å². The largest absolute Gasteiger partial charge is 0.478 e. The smallest absolute Gasteiger partial charge is 0.412 e. The van der Waals surface area contributed by atoms with Crippen molar-refractivity contribution >= 4 is 28.4 Å². The molecule has 0 aliphatic heterocycles. The summed E-state index contributed by atoms with van der Waals surface area (Å²) in [6, 6.07) is 1.57. The normalized spacial score (nSPS) is 10.4. The van der Waals surface area contributed by atoms with Gasteiger partial charge in [-0.2, -0.15) is 0 Å². The number of nitrogens with one attached hydrogen (secondary N) is 1. The topological polar surface area (TPSA) is 75.6 Å². The Balaban J connectivity index is 2.85. The Hall–Kier alpha value is -1.56. The molecule has 0 atom stereocenters. The summed E-state index contributed by atoms with van der Waals surface area (Å²) in [5, 5.41) is 11.8. The van der Waals surface area contributed by atoms with E-state index in [-0.39, 0.29) is 11.7 Å². The molecule has 2 N–H and O–H groups in total. The molecule has 0 radical (unpaired) electrons. The zero-order valence-electron chi connectivity index (χ0n) is 9.94. The number of ether oxygens (including phenoxy) is 1. The molecule has 1 aromatic rings. The maximum atomic E-state index is 11.4. The van der Waals surface area contributed by atoms with Gasteiger partial charge in [0.2, 0.25) is 0 Å². The van der Waals surface area contributed by atoms with Gasteiger partial charge in [0.1, 0.15) is 5.00 Å². The minimum atomic E-state index is -1.05. The average molecular weight is 257 g/mol. The van der Waals surface area contributed by atoms with E-state index in [0.717, 1.165) is 11.3 Å². The molecule has 0 bridgehead atoms. The number of carboxylic acid groups (broad SMARTS) is 1. The zero-order valence-corrected chi connectivity index (χ0v) is 10.8. The Morgan fingerprint density at radius 3 is 2.65 bits per heavy atom. The fourth-order valence-corrected chi connectivity index (χ4v) is 2.18. The molecule has 0 aliphatic carbocycles. The Morgan fingerprint density at radius 1 is 1.53 bits per heavy atom. The number of anilines is 1. The van der Waals surface area contributed by atoms with Crippen molar-refractivity contribution in [2.24, 2.45) is 0 Å². The van der Waals surface area contributed by atoms with Crippen molar-refractivity contribution in [2.75, 3.05) is 5.32 Å². The lowest BCUT2D eigenvalue weighted by atomic mass is 10.2. The van der Waals surface area contributed by atoms with E-state index in [9.17, 15) is 9.59 Å². The number of hydrogen-bond acceptors (Lipinski definition) is 4. The molecule has 1 heterocycles. The molecule has 0 saturated heterocycles. The van der Waals surface area contributed by atoms with E-state index in [0.29, 0.717) is 5.00 Å². The number of aromatic carboxylic acids is 1. The summed E-state index contributed by atoms with van der Waals surface area (Å²) >= 11 is 1.25. The first kappa shape index (κ1) is 13.5. The van der Waals surface area contributed by atoms with E-state index in [4.69, 9.17) is 9.84 Å². The molecule has 94 valence electrons. The van der Waals surface area contributed by atoms with Crippen LogP contribution in [-0.2, 0) is 11.2 Å². The van der Waals surface area contributed by atoms with Gasteiger partial charge in [0.15, 0.2) is 0 Å². The lowest BCUT2D eigenvalue weighted by molar-refractivity contribution is 0.0698. The van der Waals surface area contributed by atoms with Crippen LogP contribution in [0.25, 0.3) is 0 Å². The van der Waals surface area contributed by atoms with Crippen LogP contribution in [0.3, 0.4) is 0 Å². The monoisotopic (exact) mass is 257 g/mol. The van der Waals surface area contributed by atoms with Gasteiger partial charge in [-0.25, -0.2) is 9.59 Å². The van der Waals surface area contributed by atoms with Crippen LogP contribution in [0.5, 0.6) is 0 Å². The van der Waals surface area contributed by atoms with Crippen LogP contribution in [0.2, 0.25) is 0 Å². The molecule has 6 heteroatoms. The summed E-state index contributed by atoms with van der Waals surface area (Å²) in [7, 11) is 0. The van der Waals surface area contributed by atoms with E-state index in [1.54, 1.807) is 19.9 Å². The molecule has 0 fully saturated rings. The van der Waals surface area contributed by atoms with Crippen LogP contribution < -0.4 is 5.32 Å². The van der Waals surface area contributed by atoms with Gasteiger partial charge in [0, 0.05) is 4.88 Å². The number of carboxylic acids is 1. The zero-order chi connectivity index (χ0) is 13.0. The van der Waals surface area contributed by atoms with Crippen molar-refractivity contribution in [2.45, 2.75) is 33.3 Å². The predicted molar refractivity (Wildman–Crippen MR) is 65.9 cm³/mol. The molecule has 0 aromatic carbocycles. The van der Waals surface area contributed by atoms with Crippen molar-refractivity contribution in [1.29, 1.82) is 0 Å². The van der Waals surface area contributed by atoms with E-state index < -0.39 is 12.1 Å². The highest BCUT2D eigenvalue weighted by atomic mass is 32.1. The molecule has 17 heavy (non-hydrogen) atoms. The SMILES string of the molecule is CCc1cc(C(=O)O)c(NC(=O)OC(C)C)s1. The maximum Gasteiger partial charge on any atom is 0.412 e. The second-order valence-electron chi connectivity index (χ2n) is 3.69. The van der Waals surface area contributed by atoms with Crippen LogP contribution in [0, 0.1) is 0 Å². The van der Waals surface area contributed by atoms with Crippen molar-refractivity contribution in [3.63, 3.8) is 0 Å². The van der Waals surface area contributed by atoms with Crippen molar-refractivity contribution in [3.8, 4) is 0 Å². The fraction of sp³-hybridized carbons (Fsp3) is 0.455. The summed E-state index contributed by atoms with van der Waals surface area (Å²) in [6.45, 7) is 5.38. The standard InChI is InChI=1S/C11H15NO4S/c1-4-7-5-8(10(13)14)9(17-7)12-11(15)16-6(2)3/h5-6H,4H2,1-3H3,(H,12,15)(H,13,14). The van der Waals surface area contributed by atoms with Gasteiger partial charge in [0.25, 0.3) is 0 Å². The second-order valence-corrected chi connectivity index (χ2v) is 4.83. The number of thiophene rings is 1. The molecular formula is C11H15NO4S. The number of aryl methyl sites for hydroxylation is 1. The molecule has 0 aliphatic rings. The highest BCUT2D eigenvalue weighted by Gasteiger charge is 2.17. The summed E-state index contributed by atoms with van der Waals surface area (Å²) in [4.78, 5) is 23.2. The van der Waals surface area contributed by atoms with Crippen LogP contribution in [0.4, 0.5) is 9.80 Å². The minimum absolute atomic E-state index is 0.104. The molecule has 1 amide bonds. The first-order valence-electron chi connectivity index (χ1n) is 5.27. The van der Waals surface area contributed by atoms with Gasteiger partial charge < -0.3 is 9.84 Å². The van der Waals surface area contributed by atoms with Crippen LogP contribution in [0.1, 0.15) is 36.0 Å². The van der Waals surface area contributed by atoms with Crippen LogP contribution >= 0.6 is 11.3 Å². The number of carbonyl (C=O) groups is 2. The fourth-order valence-electron chi connectivity index (χ4n) is 1.20. The van der Waals surface area contributed by atoms with Gasteiger partial charge in [-0.05, 0) is 26.3 Å². The number of amides is 1. The summed E-state index contributed by atoms with van der Waals surface area (Å²) < 4.78 is 4.90. The summed E-state index contributed by atoms with van der Waals surface area (Å²) in [6.07, 6.45) is -0.146. The van der Waals surface area contributed by atoms with Gasteiger partial charge >= 0.3 is 12.1 Å². The molecular weight excluding hydrogens is 242 g/mol. The van der Waals surface area contributed by atoms with E-state index >= 15 is 0 Å². The number of hydrogen-bond donors (Lipinski definition) is 2. The Kier molecular flexibility index (Phi) is 4.51. The molecule has 0 unspecified atom stereocenters. The summed E-state index contributed by atoms with van der Waals surface area (Å²) in [5.74, 6) is -1.05. The molecule has 0 saturated carbocycles. The van der Waals surface area contributed by atoms with Gasteiger partial charge in [0.05, 0.1) is 11.7 Å². The highest BCUT2D eigenvalue weighted by molar-refractivity contribution is 7.16. The minimum Gasteiger partial charge on any atom is -0.478 e. The lowest BCUT2D eigenvalue weighted by Crippen LogP contribution is -2.18. The van der Waals surface area contributed by atoms with Gasteiger partial charge in [-0.3, -0.25) is 5.32 Å². The van der Waals surface area contributed by atoms with Gasteiger partial charge in [-0.15, -0.1) is 11.3 Å². The van der Waals surface area contributed by atoms with Crippen LogP contribution in [0.15, 0.2) is 6.07 Å². The number of rotatable bonds is 4. The van der Waals surface area contributed by atoms with E-state index in [1.807, 2.05) is 6.92 Å². The average Bonchev–Trinajstić information content (AvgIpc) is 2.59. The van der Waals surface area contributed by atoms with Gasteiger partial charge in [-0.1, -0.05) is 6.92 Å². The summed E-state index contributed by atoms with van der Waals surface area (Å²) in [5.41, 5.74) is 0.104. The maximum absolute atomic E-state index is 11.4. The molecule has 0 spiro atoms. The van der Waals surface area contributed by atoms with Crippen LogP contribution in [-0.4, -0.2) is 23.3 Å².